The molecule has 0 fully saturated rings. The highest BCUT2D eigenvalue weighted by molar-refractivity contribution is 5.70. The topological polar surface area (TPSA) is 73.9 Å². The summed E-state index contributed by atoms with van der Waals surface area (Å²) in [4.78, 5) is 17.2. The van der Waals surface area contributed by atoms with Gasteiger partial charge in [-0.05, 0) is 18.9 Å². The lowest BCUT2D eigenvalue weighted by Gasteiger charge is -2.10. The van der Waals surface area contributed by atoms with E-state index in [4.69, 9.17) is 5.26 Å². The quantitative estimate of drug-likeness (QED) is 0.782. The number of aromatic amines is 1. The third kappa shape index (κ3) is 1.93. The molecular formula is C16H14N4O. The number of fused-ring (bicyclic) bond motifs is 1. The monoisotopic (exact) mass is 278 g/mol. The van der Waals surface area contributed by atoms with E-state index in [0.717, 1.165) is 11.1 Å². The van der Waals surface area contributed by atoms with Gasteiger partial charge in [0.05, 0.1) is 5.69 Å². The minimum Gasteiger partial charge on any atom is -0.295 e. The number of nitrogens with zero attached hydrogens (tertiary/aromatic N) is 3. The Kier molecular flexibility index (Phi) is 3.07. The Morgan fingerprint density at radius 1 is 1.38 bits per heavy atom. The van der Waals surface area contributed by atoms with E-state index >= 15 is 0 Å². The number of aromatic nitrogens is 3. The highest BCUT2D eigenvalue weighted by Crippen LogP contribution is 2.24. The molecule has 21 heavy (non-hydrogen) atoms. The van der Waals surface area contributed by atoms with Gasteiger partial charge in [0.2, 0.25) is 0 Å². The summed E-state index contributed by atoms with van der Waals surface area (Å²) in [5, 5.41) is 11.9. The van der Waals surface area contributed by atoms with Crippen LogP contribution in [0.15, 0.2) is 35.3 Å². The third-order valence-corrected chi connectivity index (χ3v) is 3.63. The van der Waals surface area contributed by atoms with E-state index < -0.39 is 0 Å². The summed E-state index contributed by atoms with van der Waals surface area (Å²) in [6, 6.07) is 9.87. The van der Waals surface area contributed by atoms with Crippen molar-refractivity contribution in [2.24, 2.45) is 0 Å². The number of hydrogen-bond donors (Lipinski definition) is 1. The van der Waals surface area contributed by atoms with Gasteiger partial charge in [0.1, 0.15) is 11.6 Å². The van der Waals surface area contributed by atoms with Crippen LogP contribution in [0.2, 0.25) is 0 Å². The minimum absolute atomic E-state index is 0.151. The fourth-order valence-electron chi connectivity index (χ4n) is 2.51. The van der Waals surface area contributed by atoms with E-state index in [1.807, 2.05) is 38.1 Å². The molecule has 3 aromatic rings. The van der Waals surface area contributed by atoms with Gasteiger partial charge in [0.15, 0.2) is 5.65 Å². The number of H-pyrrole nitrogens is 1. The van der Waals surface area contributed by atoms with Crippen molar-refractivity contribution in [3.63, 3.8) is 0 Å². The molecule has 0 saturated heterocycles. The van der Waals surface area contributed by atoms with E-state index in [9.17, 15) is 4.79 Å². The molecule has 0 aliphatic heterocycles. The van der Waals surface area contributed by atoms with E-state index in [1.54, 1.807) is 0 Å². The fraction of sp³-hybridized carbons (Fsp3) is 0.188. The van der Waals surface area contributed by atoms with Crippen molar-refractivity contribution >= 4 is 5.65 Å². The number of nitrogens with one attached hydrogen (secondary N) is 1. The second kappa shape index (κ2) is 4.91. The molecule has 0 bridgehead atoms. The summed E-state index contributed by atoms with van der Waals surface area (Å²) in [6.45, 7) is 3.92. The van der Waals surface area contributed by atoms with Crippen LogP contribution in [-0.4, -0.2) is 14.6 Å². The molecule has 2 aromatic heterocycles. The second-order valence-electron chi connectivity index (χ2n) is 4.87. The lowest BCUT2D eigenvalue weighted by atomic mass is 10.0. The Balaban J connectivity index is 2.45. The molecule has 1 aromatic carbocycles. The van der Waals surface area contributed by atoms with Crippen molar-refractivity contribution in [2.75, 3.05) is 0 Å². The SMILES string of the molecule is CCc1c(-c2ccccc2C)nc2c(C#N)c[nH]n2c1=O. The first-order valence-corrected chi connectivity index (χ1v) is 6.76. The molecule has 0 saturated carbocycles. The van der Waals surface area contributed by atoms with Gasteiger partial charge in [-0.2, -0.15) is 5.26 Å². The normalized spacial score (nSPS) is 10.7. The second-order valence-corrected chi connectivity index (χ2v) is 4.87. The summed E-state index contributed by atoms with van der Waals surface area (Å²) in [6.07, 6.45) is 2.09. The van der Waals surface area contributed by atoms with Crippen molar-refractivity contribution in [3.8, 4) is 17.3 Å². The van der Waals surface area contributed by atoms with Gasteiger partial charge in [0.25, 0.3) is 5.56 Å². The van der Waals surface area contributed by atoms with Crippen molar-refractivity contribution in [2.45, 2.75) is 20.3 Å². The van der Waals surface area contributed by atoms with Crippen molar-refractivity contribution in [1.82, 2.24) is 14.6 Å². The molecule has 0 aliphatic carbocycles. The standard InChI is InChI=1S/C16H14N4O/c1-3-12-14(13-7-5-4-6-10(13)2)19-15-11(8-17)9-18-20(15)16(12)21/h4-7,9,18H,3H2,1-2H3. The predicted octanol–water partition coefficient (Wildman–Crippen LogP) is 2.43. The molecule has 5 heteroatoms. The molecule has 0 radical (unpaired) electrons. The Bertz CT molecular complexity index is 928. The molecule has 5 nitrogen and oxygen atoms in total. The van der Waals surface area contributed by atoms with Crippen LogP contribution in [0, 0.1) is 18.3 Å². The predicted molar refractivity (Wildman–Crippen MR) is 80.1 cm³/mol. The Labute approximate surface area is 121 Å². The molecule has 0 spiro atoms. The first-order chi connectivity index (χ1) is 10.2. The van der Waals surface area contributed by atoms with Crippen LogP contribution in [0.25, 0.3) is 16.9 Å². The lowest BCUT2D eigenvalue weighted by Crippen LogP contribution is -2.21. The first-order valence-electron chi connectivity index (χ1n) is 6.76. The van der Waals surface area contributed by atoms with Crippen LogP contribution in [0.5, 0.6) is 0 Å². The summed E-state index contributed by atoms with van der Waals surface area (Å²) in [7, 11) is 0. The Morgan fingerprint density at radius 3 is 2.81 bits per heavy atom. The van der Waals surface area contributed by atoms with Gasteiger partial charge >= 0.3 is 0 Å². The summed E-state index contributed by atoms with van der Waals surface area (Å²) >= 11 is 0. The maximum absolute atomic E-state index is 12.6. The molecule has 0 unspecified atom stereocenters. The van der Waals surface area contributed by atoms with Crippen LogP contribution in [0.3, 0.4) is 0 Å². The molecule has 1 N–H and O–H groups in total. The zero-order valence-electron chi connectivity index (χ0n) is 11.8. The molecule has 0 aliphatic rings. The number of hydrogen-bond acceptors (Lipinski definition) is 3. The van der Waals surface area contributed by atoms with E-state index in [0.29, 0.717) is 28.9 Å². The number of benzene rings is 1. The van der Waals surface area contributed by atoms with E-state index in [2.05, 4.69) is 16.2 Å². The summed E-state index contributed by atoms with van der Waals surface area (Å²) in [5.74, 6) is 0. The van der Waals surface area contributed by atoms with Gasteiger partial charge in [-0.25, -0.2) is 9.50 Å². The van der Waals surface area contributed by atoms with E-state index in [-0.39, 0.29) is 5.56 Å². The van der Waals surface area contributed by atoms with Crippen LogP contribution < -0.4 is 5.56 Å². The summed E-state index contributed by atoms with van der Waals surface area (Å²) in [5.41, 5.74) is 3.88. The van der Waals surface area contributed by atoms with Crippen molar-refractivity contribution < 1.29 is 0 Å². The maximum Gasteiger partial charge on any atom is 0.276 e. The van der Waals surface area contributed by atoms with Gasteiger partial charge < -0.3 is 0 Å². The van der Waals surface area contributed by atoms with Gasteiger partial charge in [-0.1, -0.05) is 31.2 Å². The van der Waals surface area contributed by atoms with Crippen LogP contribution >= 0.6 is 0 Å². The molecule has 104 valence electrons. The van der Waals surface area contributed by atoms with E-state index in [1.165, 1.54) is 10.7 Å². The first kappa shape index (κ1) is 13.1. The summed E-state index contributed by atoms with van der Waals surface area (Å²) < 4.78 is 1.33. The Hall–Kier alpha value is -2.87. The van der Waals surface area contributed by atoms with Crippen molar-refractivity contribution in [3.05, 3.63) is 57.5 Å². The number of rotatable bonds is 2. The van der Waals surface area contributed by atoms with Crippen LogP contribution in [0.4, 0.5) is 0 Å². The highest BCUT2D eigenvalue weighted by atomic mass is 16.1. The highest BCUT2D eigenvalue weighted by Gasteiger charge is 2.17. The van der Waals surface area contributed by atoms with Crippen molar-refractivity contribution in [1.29, 1.82) is 5.26 Å². The average Bonchev–Trinajstić information content (AvgIpc) is 2.91. The van der Waals surface area contributed by atoms with Crippen LogP contribution in [0.1, 0.15) is 23.6 Å². The molecule has 0 amide bonds. The van der Waals surface area contributed by atoms with Gasteiger partial charge in [0, 0.05) is 17.3 Å². The molecule has 2 heterocycles. The zero-order valence-corrected chi connectivity index (χ0v) is 11.8. The molecular weight excluding hydrogens is 264 g/mol. The minimum atomic E-state index is -0.151. The fourth-order valence-corrected chi connectivity index (χ4v) is 2.51. The van der Waals surface area contributed by atoms with Crippen LogP contribution in [-0.2, 0) is 6.42 Å². The third-order valence-electron chi connectivity index (χ3n) is 3.63. The number of nitriles is 1. The Morgan fingerprint density at radius 2 is 2.14 bits per heavy atom. The lowest BCUT2D eigenvalue weighted by molar-refractivity contribution is 0.870. The molecule has 0 atom stereocenters. The number of aryl methyl sites for hydroxylation is 1. The zero-order chi connectivity index (χ0) is 15.0. The largest absolute Gasteiger partial charge is 0.295 e. The maximum atomic E-state index is 12.6. The van der Waals surface area contributed by atoms with Gasteiger partial charge in [-0.3, -0.25) is 9.89 Å². The smallest absolute Gasteiger partial charge is 0.276 e. The average molecular weight is 278 g/mol. The molecule has 3 rings (SSSR count). The van der Waals surface area contributed by atoms with Gasteiger partial charge in [-0.15, -0.1) is 0 Å².